The van der Waals surface area contributed by atoms with Crippen molar-refractivity contribution < 1.29 is 0 Å². The Balaban J connectivity index is 1.73. The van der Waals surface area contributed by atoms with Gasteiger partial charge in [0.1, 0.15) is 0 Å². The number of imidazole rings is 1. The van der Waals surface area contributed by atoms with E-state index in [9.17, 15) is 0 Å². The van der Waals surface area contributed by atoms with Crippen molar-refractivity contribution >= 4 is 5.95 Å². The fourth-order valence-corrected chi connectivity index (χ4v) is 2.29. The van der Waals surface area contributed by atoms with E-state index >= 15 is 0 Å². The molecule has 0 spiro atoms. The highest BCUT2D eigenvalue weighted by atomic mass is 15.2. The molecule has 1 aliphatic rings. The zero-order valence-electron chi connectivity index (χ0n) is 10.2. The molecule has 4 heteroatoms. The van der Waals surface area contributed by atoms with E-state index in [4.69, 9.17) is 0 Å². The predicted octanol–water partition coefficient (Wildman–Crippen LogP) is 1.80. The minimum absolute atomic E-state index is 0.934. The molecule has 90 valence electrons. The summed E-state index contributed by atoms with van der Waals surface area (Å²) in [5.41, 5.74) is 0. The van der Waals surface area contributed by atoms with Gasteiger partial charge in [-0.25, -0.2) is 4.98 Å². The van der Waals surface area contributed by atoms with Gasteiger partial charge < -0.3 is 14.8 Å². The van der Waals surface area contributed by atoms with E-state index in [1.807, 2.05) is 6.20 Å². The lowest BCUT2D eigenvalue weighted by Gasteiger charge is -2.15. The average molecular weight is 222 g/mol. The summed E-state index contributed by atoms with van der Waals surface area (Å²) in [5.74, 6) is 1.00. The number of aryl methyl sites for hydroxylation is 1. The van der Waals surface area contributed by atoms with Crippen LogP contribution in [-0.2, 0) is 6.54 Å². The fraction of sp³-hybridized carbons (Fsp3) is 0.750. The van der Waals surface area contributed by atoms with Crippen molar-refractivity contribution in [3.8, 4) is 0 Å². The maximum Gasteiger partial charge on any atom is 0.202 e. The molecule has 1 aromatic heterocycles. The number of hydrogen-bond acceptors (Lipinski definition) is 3. The summed E-state index contributed by atoms with van der Waals surface area (Å²) in [6.45, 7) is 7.92. The molecule has 2 rings (SSSR count). The molecular formula is C12H22N4. The molecule has 0 aliphatic carbocycles. The van der Waals surface area contributed by atoms with Crippen molar-refractivity contribution in [1.29, 1.82) is 0 Å². The Bertz CT molecular complexity index is 302. The number of rotatable bonds is 6. The Morgan fingerprint density at radius 3 is 2.88 bits per heavy atom. The summed E-state index contributed by atoms with van der Waals surface area (Å²) < 4.78 is 2.21. The molecule has 0 radical (unpaired) electrons. The van der Waals surface area contributed by atoms with E-state index in [1.54, 1.807) is 0 Å². The zero-order chi connectivity index (χ0) is 11.2. The van der Waals surface area contributed by atoms with Crippen molar-refractivity contribution in [1.82, 2.24) is 14.5 Å². The van der Waals surface area contributed by atoms with Gasteiger partial charge >= 0.3 is 0 Å². The van der Waals surface area contributed by atoms with E-state index < -0.39 is 0 Å². The minimum atomic E-state index is 0.934. The molecule has 16 heavy (non-hydrogen) atoms. The highest BCUT2D eigenvalue weighted by molar-refractivity contribution is 5.25. The van der Waals surface area contributed by atoms with Crippen molar-refractivity contribution in [2.75, 3.05) is 31.5 Å². The van der Waals surface area contributed by atoms with Crippen LogP contribution >= 0.6 is 0 Å². The summed E-state index contributed by atoms with van der Waals surface area (Å²) in [7, 11) is 0. The second-order valence-corrected chi connectivity index (χ2v) is 4.38. The maximum absolute atomic E-state index is 4.29. The van der Waals surface area contributed by atoms with Gasteiger partial charge in [0.25, 0.3) is 0 Å². The van der Waals surface area contributed by atoms with Gasteiger partial charge in [0, 0.05) is 25.5 Å². The highest BCUT2D eigenvalue weighted by Gasteiger charge is 2.10. The van der Waals surface area contributed by atoms with E-state index in [0.29, 0.717) is 0 Å². The Kier molecular flexibility index (Phi) is 4.22. The number of aromatic nitrogens is 2. The lowest BCUT2D eigenvalue weighted by atomic mass is 10.4. The third-order valence-corrected chi connectivity index (χ3v) is 3.12. The van der Waals surface area contributed by atoms with E-state index in [0.717, 1.165) is 19.0 Å². The molecule has 1 aromatic rings. The first kappa shape index (κ1) is 11.5. The van der Waals surface area contributed by atoms with Crippen molar-refractivity contribution in [2.24, 2.45) is 0 Å². The molecule has 1 fully saturated rings. The topological polar surface area (TPSA) is 33.1 Å². The Labute approximate surface area is 97.7 Å². The second kappa shape index (κ2) is 5.89. The monoisotopic (exact) mass is 222 g/mol. The van der Waals surface area contributed by atoms with Crippen LogP contribution in [0, 0.1) is 0 Å². The van der Waals surface area contributed by atoms with Gasteiger partial charge in [0.2, 0.25) is 5.95 Å². The largest absolute Gasteiger partial charge is 0.356 e. The minimum Gasteiger partial charge on any atom is -0.356 e. The van der Waals surface area contributed by atoms with Gasteiger partial charge in [-0.1, -0.05) is 0 Å². The van der Waals surface area contributed by atoms with Crippen LogP contribution in [0.1, 0.15) is 26.2 Å². The molecule has 4 nitrogen and oxygen atoms in total. The summed E-state index contributed by atoms with van der Waals surface area (Å²) in [4.78, 5) is 6.85. The van der Waals surface area contributed by atoms with Crippen LogP contribution in [-0.4, -0.2) is 40.6 Å². The lowest BCUT2D eigenvalue weighted by Crippen LogP contribution is -2.21. The molecule has 0 aromatic carbocycles. The zero-order valence-corrected chi connectivity index (χ0v) is 10.2. The van der Waals surface area contributed by atoms with Crippen molar-refractivity contribution in [2.45, 2.75) is 32.7 Å². The molecule has 1 saturated heterocycles. The first-order valence-corrected chi connectivity index (χ1v) is 6.37. The number of nitrogens with one attached hydrogen (secondary N) is 1. The first-order valence-electron chi connectivity index (χ1n) is 6.37. The van der Waals surface area contributed by atoms with Crippen LogP contribution in [0.3, 0.4) is 0 Å². The standard InChI is InChI=1S/C12H22N4/c1-2-13-12-14-6-11-16(12)10-5-9-15-7-3-4-8-15/h6,11H,2-5,7-10H2,1H3,(H,13,14). The van der Waals surface area contributed by atoms with Crippen molar-refractivity contribution in [3.05, 3.63) is 12.4 Å². The van der Waals surface area contributed by atoms with Gasteiger partial charge in [-0.3, -0.25) is 0 Å². The summed E-state index contributed by atoms with van der Waals surface area (Å²) in [6.07, 6.45) is 7.91. The third kappa shape index (κ3) is 2.98. The molecule has 0 unspecified atom stereocenters. The van der Waals surface area contributed by atoms with E-state index in [1.165, 1.54) is 38.9 Å². The Morgan fingerprint density at radius 1 is 1.31 bits per heavy atom. The number of hydrogen-bond donors (Lipinski definition) is 1. The lowest BCUT2D eigenvalue weighted by molar-refractivity contribution is 0.325. The first-order chi connectivity index (χ1) is 7.90. The van der Waals surface area contributed by atoms with Crippen LogP contribution < -0.4 is 5.32 Å². The molecule has 2 heterocycles. The van der Waals surface area contributed by atoms with Crippen LogP contribution in [0.4, 0.5) is 5.95 Å². The third-order valence-electron chi connectivity index (χ3n) is 3.12. The van der Waals surface area contributed by atoms with Gasteiger partial charge in [0.15, 0.2) is 0 Å². The molecule has 0 saturated carbocycles. The normalized spacial score (nSPS) is 16.8. The van der Waals surface area contributed by atoms with Gasteiger partial charge in [-0.05, 0) is 45.8 Å². The average Bonchev–Trinajstić information content (AvgIpc) is 2.91. The maximum atomic E-state index is 4.29. The Morgan fingerprint density at radius 2 is 2.12 bits per heavy atom. The van der Waals surface area contributed by atoms with Gasteiger partial charge in [-0.2, -0.15) is 0 Å². The van der Waals surface area contributed by atoms with Crippen molar-refractivity contribution in [3.63, 3.8) is 0 Å². The molecule has 0 bridgehead atoms. The summed E-state index contributed by atoms with van der Waals surface area (Å²) in [5, 5.41) is 3.27. The Hall–Kier alpha value is -1.03. The van der Waals surface area contributed by atoms with Crippen LogP contribution in [0.15, 0.2) is 12.4 Å². The molecular weight excluding hydrogens is 200 g/mol. The van der Waals surface area contributed by atoms with Crippen LogP contribution in [0.5, 0.6) is 0 Å². The quantitative estimate of drug-likeness (QED) is 0.796. The number of likely N-dealkylation sites (tertiary alicyclic amines) is 1. The summed E-state index contributed by atoms with van der Waals surface area (Å²) >= 11 is 0. The molecule has 0 atom stereocenters. The smallest absolute Gasteiger partial charge is 0.202 e. The van der Waals surface area contributed by atoms with Gasteiger partial charge in [0.05, 0.1) is 0 Å². The molecule has 1 N–H and O–H groups in total. The fourth-order valence-electron chi connectivity index (χ4n) is 2.29. The number of nitrogens with zero attached hydrogens (tertiary/aromatic N) is 3. The van der Waals surface area contributed by atoms with E-state index in [2.05, 4.69) is 32.9 Å². The van der Waals surface area contributed by atoms with E-state index in [-0.39, 0.29) is 0 Å². The summed E-state index contributed by atoms with van der Waals surface area (Å²) in [6, 6.07) is 0. The molecule has 0 amide bonds. The SMILES string of the molecule is CCNc1nccn1CCCN1CCCC1. The molecule has 1 aliphatic heterocycles. The number of anilines is 1. The second-order valence-electron chi connectivity index (χ2n) is 4.38. The van der Waals surface area contributed by atoms with Crippen LogP contribution in [0.2, 0.25) is 0 Å². The van der Waals surface area contributed by atoms with Crippen LogP contribution in [0.25, 0.3) is 0 Å². The highest BCUT2D eigenvalue weighted by Crippen LogP contribution is 2.09. The predicted molar refractivity (Wildman–Crippen MR) is 66.7 cm³/mol. The van der Waals surface area contributed by atoms with Gasteiger partial charge in [-0.15, -0.1) is 0 Å².